The van der Waals surface area contributed by atoms with Crippen molar-refractivity contribution >= 4 is 46.4 Å². The molecule has 0 rings (SSSR count). The predicted molar refractivity (Wildman–Crippen MR) is 86.9 cm³/mol. The van der Waals surface area contributed by atoms with Crippen LogP contribution in [0.4, 0.5) is 0 Å². The summed E-state index contributed by atoms with van der Waals surface area (Å²) in [5.41, 5.74) is 0. The molecule has 0 radical (unpaired) electrons. The van der Waals surface area contributed by atoms with Gasteiger partial charge in [0.15, 0.2) is 0 Å². The molecule has 0 aromatic rings. The van der Waals surface area contributed by atoms with Crippen molar-refractivity contribution in [2.45, 2.75) is 75.0 Å². The van der Waals surface area contributed by atoms with E-state index in [0.717, 1.165) is 12.8 Å². The molecule has 0 aromatic carbocycles. The molecular formula is C14H26Cl4. The average molecular weight is 336 g/mol. The minimum absolute atomic E-state index is 0.164. The lowest BCUT2D eigenvalue weighted by Crippen LogP contribution is -1.99. The Balaban J connectivity index is 3.03. The van der Waals surface area contributed by atoms with E-state index in [1.165, 1.54) is 51.4 Å². The SMILES string of the molecule is ClC[C@@H](Cl)CCCCCCCCCC[C@@H](Cl)CCl. The summed E-state index contributed by atoms with van der Waals surface area (Å²) in [5.74, 6) is 1.15. The average Bonchev–Trinajstić information content (AvgIpc) is 2.40. The second-order valence-electron chi connectivity index (χ2n) is 4.91. The van der Waals surface area contributed by atoms with Crippen molar-refractivity contribution in [3.05, 3.63) is 0 Å². The summed E-state index contributed by atoms with van der Waals surface area (Å²) in [6.07, 6.45) is 12.4. The fourth-order valence-electron chi connectivity index (χ4n) is 1.95. The normalized spacial score (nSPS) is 14.7. The highest BCUT2D eigenvalue weighted by atomic mass is 35.5. The van der Waals surface area contributed by atoms with Gasteiger partial charge in [0.1, 0.15) is 0 Å². The molecule has 0 saturated carbocycles. The molecule has 0 unspecified atom stereocenters. The van der Waals surface area contributed by atoms with Crippen LogP contribution in [0.5, 0.6) is 0 Å². The van der Waals surface area contributed by atoms with Gasteiger partial charge in [-0.25, -0.2) is 0 Å². The molecule has 18 heavy (non-hydrogen) atoms. The first kappa shape index (κ1) is 19.2. The van der Waals surface area contributed by atoms with Gasteiger partial charge in [0.25, 0.3) is 0 Å². The molecule has 0 nitrogen and oxygen atoms in total. The zero-order chi connectivity index (χ0) is 13.6. The summed E-state index contributed by atoms with van der Waals surface area (Å²) < 4.78 is 0. The highest BCUT2D eigenvalue weighted by Crippen LogP contribution is 2.15. The summed E-state index contributed by atoms with van der Waals surface area (Å²) in [6.45, 7) is 0. The Labute approximate surface area is 133 Å². The molecule has 0 aliphatic carbocycles. The maximum Gasteiger partial charge on any atom is 0.0471 e. The molecule has 0 bridgehead atoms. The van der Waals surface area contributed by atoms with E-state index in [1.807, 2.05) is 0 Å². The Morgan fingerprint density at radius 2 is 0.778 bits per heavy atom. The number of rotatable bonds is 13. The van der Waals surface area contributed by atoms with Crippen LogP contribution in [0.2, 0.25) is 0 Å². The number of unbranched alkanes of at least 4 members (excludes halogenated alkanes) is 7. The fraction of sp³-hybridized carbons (Fsp3) is 1.00. The van der Waals surface area contributed by atoms with E-state index in [0.29, 0.717) is 11.8 Å². The topological polar surface area (TPSA) is 0 Å². The third-order valence-electron chi connectivity index (χ3n) is 3.12. The zero-order valence-corrected chi connectivity index (χ0v) is 14.2. The van der Waals surface area contributed by atoms with Gasteiger partial charge in [0.05, 0.1) is 0 Å². The molecule has 0 saturated heterocycles. The maximum atomic E-state index is 5.95. The molecule has 2 atom stereocenters. The summed E-state index contributed by atoms with van der Waals surface area (Å²) >= 11 is 23.2. The van der Waals surface area contributed by atoms with Crippen LogP contribution in [0.3, 0.4) is 0 Å². The molecule has 110 valence electrons. The summed E-state index contributed by atoms with van der Waals surface area (Å²) in [6, 6.07) is 0. The lowest BCUT2D eigenvalue weighted by Gasteiger charge is -2.06. The molecule has 0 aromatic heterocycles. The van der Waals surface area contributed by atoms with Crippen LogP contribution in [0, 0.1) is 0 Å². The Bertz CT molecular complexity index is 146. The van der Waals surface area contributed by atoms with Gasteiger partial charge in [-0.05, 0) is 12.8 Å². The molecule has 0 aliphatic rings. The van der Waals surface area contributed by atoms with E-state index in [1.54, 1.807) is 0 Å². The Kier molecular flexibility index (Phi) is 15.5. The molecule has 0 aliphatic heterocycles. The smallest absolute Gasteiger partial charge is 0.0471 e. The van der Waals surface area contributed by atoms with E-state index in [9.17, 15) is 0 Å². The largest absolute Gasteiger partial charge is 0.125 e. The van der Waals surface area contributed by atoms with Gasteiger partial charge in [-0.1, -0.05) is 51.4 Å². The van der Waals surface area contributed by atoms with Crippen LogP contribution in [0.1, 0.15) is 64.2 Å². The second kappa shape index (κ2) is 14.6. The molecule has 0 fully saturated rings. The van der Waals surface area contributed by atoms with Crippen molar-refractivity contribution in [1.82, 2.24) is 0 Å². The lowest BCUT2D eigenvalue weighted by atomic mass is 10.1. The van der Waals surface area contributed by atoms with E-state index in [2.05, 4.69) is 0 Å². The van der Waals surface area contributed by atoms with Gasteiger partial charge in [-0.3, -0.25) is 0 Å². The van der Waals surface area contributed by atoms with E-state index in [4.69, 9.17) is 46.4 Å². The first-order valence-electron chi connectivity index (χ1n) is 7.10. The Hall–Kier alpha value is 1.16. The number of hydrogen-bond donors (Lipinski definition) is 0. The first-order valence-corrected chi connectivity index (χ1v) is 9.05. The van der Waals surface area contributed by atoms with Crippen molar-refractivity contribution in [1.29, 1.82) is 0 Å². The van der Waals surface area contributed by atoms with Crippen LogP contribution >= 0.6 is 46.4 Å². The van der Waals surface area contributed by atoms with Gasteiger partial charge >= 0.3 is 0 Å². The van der Waals surface area contributed by atoms with E-state index in [-0.39, 0.29) is 10.8 Å². The van der Waals surface area contributed by atoms with Crippen molar-refractivity contribution in [3.63, 3.8) is 0 Å². The first-order chi connectivity index (χ1) is 8.70. The van der Waals surface area contributed by atoms with Crippen molar-refractivity contribution in [3.8, 4) is 0 Å². The van der Waals surface area contributed by atoms with Gasteiger partial charge in [-0.2, -0.15) is 0 Å². The molecule has 0 spiro atoms. The van der Waals surface area contributed by atoms with Gasteiger partial charge in [-0.15, -0.1) is 46.4 Å². The Morgan fingerprint density at radius 1 is 0.500 bits per heavy atom. The fourth-order valence-corrected chi connectivity index (χ4v) is 2.56. The molecule has 0 N–H and O–H groups in total. The minimum Gasteiger partial charge on any atom is -0.125 e. The molecular weight excluding hydrogens is 310 g/mol. The highest BCUT2D eigenvalue weighted by molar-refractivity contribution is 6.28. The van der Waals surface area contributed by atoms with Crippen LogP contribution in [0.25, 0.3) is 0 Å². The molecule has 0 amide bonds. The maximum absolute atomic E-state index is 5.95. The second-order valence-corrected chi connectivity index (χ2v) is 6.76. The summed E-state index contributed by atoms with van der Waals surface area (Å²) in [4.78, 5) is 0. The molecule has 0 heterocycles. The van der Waals surface area contributed by atoms with Crippen LogP contribution < -0.4 is 0 Å². The van der Waals surface area contributed by atoms with Gasteiger partial charge < -0.3 is 0 Å². The van der Waals surface area contributed by atoms with Gasteiger partial charge in [0, 0.05) is 22.5 Å². The number of halogens is 4. The quantitative estimate of drug-likeness (QED) is 0.263. The summed E-state index contributed by atoms with van der Waals surface area (Å²) in [7, 11) is 0. The van der Waals surface area contributed by atoms with Crippen molar-refractivity contribution in [2.24, 2.45) is 0 Å². The lowest BCUT2D eigenvalue weighted by molar-refractivity contribution is 0.550. The van der Waals surface area contributed by atoms with Crippen LogP contribution in [0.15, 0.2) is 0 Å². The zero-order valence-electron chi connectivity index (χ0n) is 11.2. The number of alkyl halides is 4. The molecule has 4 heteroatoms. The highest BCUT2D eigenvalue weighted by Gasteiger charge is 2.02. The van der Waals surface area contributed by atoms with Crippen molar-refractivity contribution < 1.29 is 0 Å². The van der Waals surface area contributed by atoms with E-state index >= 15 is 0 Å². The third-order valence-corrected chi connectivity index (χ3v) is 4.93. The minimum atomic E-state index is 0.164. The standard InChI is InChI=1S/C14H26Cl4/c15-11-13(17)9-7-5-3-1-2-4-6-8-10-14(18)12-16/h13-14H,1-12H2/t13-,14+. The monoisotopic (exact) mass is 334 g/mol. The predicted octanol–water partition coefficient (Wildman–Crippen LogP) is 6.58. The van der Waals surface area contributed by atoms with Gasteiger partial charge in [0.2, 0.25) is 0 Å². The van der Waals surface area contributed by atoms with E-state index < -0.39 is 0 Å². The van der Waals surface area contributed by atoms with Crippen molar-refractivity contribution in [2.75, 3.05) is 11.8 Å². The van der Waals surface area contributed by atoms with Crippen LogP contribution in [-0.2, 0) is 0 Å². The number of hydrogen-bond acceptors (Lipinski definition) is 0. The Morgan fingerprint density at radius 3 is 1.06 bits per heavy atom. The van der Waals surface area contributed by atoms with Crippen LogP contribution in [-0.4, -0.2) is 22.5 Å². The summed E-state index contributed by atoms with van der Waals surface area (Å²) in [5, 5.41) is 0.328. The third kappa shape index (κ3) is 13.6.